The number of carbonyl (C=O) groups is 2. The Morgan fingerprint density at radius 2 is 1.96 bits per heavy atom. The Hall–Kier alpha value is -2.67. The summed E-state index contributed by atoms with van der Waals surface area (Å²) in [6.07, 6.45) is 5.20. The third-order valence-electron chi connectivity index (χ3n) is 5.79. The number of amides is 1. The quantitative estimate of drug-likeness (QED) is 0.835. The molecule has 27 heavy (non-hydrogen) atoms. The van der Waals surface area contributed by atoms with E-state index in [2.05, 4.69) is 39.6 Å². The van der Waals surface area contributed by atoms with Gasteiger partial charge in [-0.05, 0) is 30.0 Å². The van der Waals surface area contributed by atoms with Crippen LogP contribution in [0.1, 0.15) is 30.4 Å². The molecule has 0 aliphatic carbocycles. The lowest BCUT2D eigenvalue weighted by atomic mass is 9.77. The number of carbonyl (C=O) groups excluding carboxylic acids is 1. The van der Waals surface area contributed by atoms with Crippen molar-refractivity contribution in [2.24, 2.45) is 5.92 Å². The summed E-state index contributed by atoms with van der Waals surface area (Å²) in [6.45, 7) is 3.14. The Morgan fingerprint density at radius 3 is 2.63 bits per heavy atom. The van der Waals surface area contributed by atoms with Crippen molar-refractivity contribution in [3.8, 4) is 0 Å². The number of rotatable bonds is 5. The first-order valence-corrected chi connectivity index (χ1v) is 9.35. The van der Waals surface area contributed by atoms with Crippen molar-refractivity contribution in [3.63, 3.8) is 0 Å². The second kappa shape index (κ2) is 7.15. The lowest BCUT2D eigenvalue weighted by Gasteiger charge is -2.41. The highest BCUT2D eigenvalue weighted by Gasteiger charge is 2.51. The number of likely N-dealkylation sites (tertiary alicyclic amines) is 1. The van der Waals surface area contributed by atoms with E-state index >= 15 is 0 Å². The molecule has 2 fully saturated rings. The number of aliphatic carboxylic acids is 1. The maximum Gasteiger partial charge on any atom is 0.309 e. The van der Waals surface area contributed by atoms with Gasteiger partial charge in [0.25, 0.3) is 0 Å². The maximum absolute atomic E-state index is 11.8. The van der Waals surface area contributed by atoms with Gasteiger partial charge in [-0.25, -0.2) is 0 Å². The summed E-state index contributed by atoms with van der Waals surface area (Å²) in [5.41, 5.74) is 1.88. The van der Waals surface area contributed by atoms with Gasteiger partial charge in [0.15, 0.2) is 0 Å². The second-order valence-corrected chi connectivity index (χ2v) is 7.60. The topological polar surface area (TPSA) is 87.5 Å². The molecule has 1 amide bonds. The van der Waals surface area contributed by atoms with Crippen molar-refractivity contribution in [1.82, 2.24) is 20.0 Å². The molecule has 142 valence electrons. The Labute approximate surface area is 158 Å². The zero-order valence-corrected chi connectivity index (χ0v) is 15.2. The molecule has 2 saturated heterocycles. The number of carboxylic acids is 1. The van der Waals surface area contributed by atoms with E-state index in [1.54, 1.807) is 6.20 Å². The SMILES string of the molecule is O=C1C[C@H](C(=O)O)C2(CCN(Cc3cccc(Cn4cccn4)c3)CC2)N1. The van der Waals surface area contributed by atoms with Gasteiger partial charge in [-0.3, -0.25) is 19.2 Å². The first-order valence-electron chi connectivity index (χ1n) is 9.35. The molecule has 1 atom stereocenters. The number of nitrogens with zero attached hydrogens (tertiary/aromatic N) is 3. The van der Waals surface area contributed by atoms with Crippen LogP contribution < -0.4 is 5.32 Å². The molecule has 7 nitrogen and oxygen atoms in total. The summed E-state index contributed by atoms with van der Waals surface area (Å²) in [5, 5.41) is 16.7. The van der Waals surface area contributed by atoms with E-state index in [4.69, 9.17) is 0 Å². The Morgan fingerprint density at radius 1 is 1.22 bits per heavy atom. The lowest BCUT2D eigenvalue weighted by molar-refractivity contribution is -0.144. The third-order valence-corrected chi connectivity index (χ3v) is 5.79. The molecule has 2 aliphatic heterocycles. The molecule has 0 unspecified atom stereocenters. The van der Waals surface area contributed by atoms with E-state index in [1.165, 1.54) is 11.1 Å². The minimum absolute atomic E-state index is 0.102. The van der Waals surface area contributed by atoms with Crippen molar-refractivity contribution >= 4 is 11.9 Å². The normalized spacial score (nSPS) is 22.1. The van der Waals surface area contributed by atoms with Gasteiger partial charge in [0, 0.05) is 38.4 Å². The molecule has 2 aromatic rings. The van der Waals surface area contributed by atoms with Gasteiger partial charge in [0.2, 0.25) is 5.91 Å². The molecular formula is C20H24N4O3. The van der Waals surface area contributed by atoms with Crippen LogP contribution in [0.2, 0.25) is 0 Å². The third kappa shape index (κ3) is 3.73. The van der Waals surface area contributed by atoms with Gasteiger partial charge in [-0.2, -0.15) is 5.10 Å². The zero-order chi connectivity index (χ0) is 18.9. The highest BCUT2D eigenvalue weighted by atomic mass is 16.4. The van der Waals surface area contributed by atoms with E-state index in [9.17, 15) is 14.7 Å². The van der Waals surface area contributed by atoms with E-state index in [-0.39, 0.29) is 12.3 Å². The van der Waals surface area contributed by atoms with Gasteiger partial charge < -0.3 is 10.4 Å². The Balaban J connectivity index is 1.38. The summed E-state index contributed by atoms with van der Waals surface area (Å²) >= 11 is 0. The molecule has 1 aromatic heterocycles. The smallest absolute Gasteiger partial charge is 0.309 e. The molecule has 3 heterocycles. The van der Waals surface area contributed by atoms with Crippen LogP contribution in [-0.4, -0.2) is 50.3 Å². The summed E-state index contributed by atoms with van der Waals surface area (Å²) < 4.78 is 1.90. The monoisotopic (exact) mass is 368 g/mol. The first kappa shape index (κ1) is 17.7. The van der Waals surface area contributed by atoms with Crippen LogP contribution in [0.25, 0.3) is 0 Å². The molecule has 0 bridgehead atoms. The molecule has 7 heteroatoms. The van der Waals surface area contributed by atoms with Crippen LogP contribution in [-0.2, 0) is 22.7 Å². The predicted molar refractivity (Wildman–Crippen MR) is 98.9 cm³/mol. The number of aromatic nitrogens is 2. The molecule has 2 aliphatic rings. The Kier molecular flexibility index (Phi) is 4.70. The number of nitrogens with one attached hydrogen (secondary N) is 1. The maximum atomic E-state index is 11.8. The fraction of sp³-hybridized carbons (Fsp3) is 0.450. The van der Waals surface area contributed by atoms with Crippen molar-refractivity contribution in [2.75, 3.05) is 13.1 Å². The van der Waals surface area contributed by atoms with Crippen LogP contribution in [0.5, 0.6) is 0 Å². The zero-order valence-electron chi connectivity index (χ0n) is 15.2. The van der Waals surface area contributed by atoms with Crippen LogP contribution in [0.15, 0.2) is 42.7 Å². The summed E-state index contributed by atoms with van der Waals surface area (Å²) in [6, 6.07) is 10.4. The minimum atomic E-state index is -0.867. The summed E-state index contributed by atoms with van der Waals surface area (Å²) in [5.74, 6) is -1.61. The van der Waals surface area contributed by atoms with Crippen LogP contribution in [0.4, 0.5) is 0 Å². The fourth-order valence-electron chi connectivity index (χ4n) is 4.37. The van der Waals surface area contributed by atoms with Crippen molar-refractivity contribution < 1.29 is 14.7 Å². The Bertz CT molecular complexity index is 826. The largest absolute Gasteiger partial charge is 0.481 e. The van der Waals surface area contributed by atoms with Gasteiger partial charge >= 0.3 is 5.97 Å². The molecule has 1 aromatic carbocycles. The van der Waals surface area contributed by atoms with Crippen LogP contribution in [0, 0.1) is 5.92 Å². The number of piperidine rings is 1. The molecule has 0 saturated carbocycles. The van der Waals surface area contributed by atoms with Crippen molar-refractivity contribution in [1.29, 1.82) is 0 Å². The second-order valence-electron chi connectivity index (χ2n) is 7.60. The first-order chi connectivity index (χ1) is 13.0. The van der Waals surface area contributed by atoms with Gasteiger partial charge in [-0.15, -0.1) is 0 Å². The molecule has 2 N–H and O–H groups in total. The lowest BCUT2D eigenvalue weighted by Crippen LogP contribution is -2.55. The summed E-state index contributed by atoms with van der Waals surface area (Å²) in [4.78, 5) is 25.7. The predicted octanol–water partition coefficient (Wildman–Crippen LogP) is 1.49. The van der Waals surface area contributed by atoms with E-state index < -0.39 is 17.4 Å². The average molecular weight is 368 g/mol. The van der Waals surface area contributed by atoms with Gasteiger partial charge in [0.05, 0.1) is 18.0 Å². The van der Waals surface area contributed by atoms with Gasteiger partial charge in [0.1, 0.15) is 0 Å². The highest BCUT2D eigenvalue weighted by molar-refractivity contribution is 5.88. The highest BCUT2D eigenvalue weighted by Crippen LogP contribution is 2.37. The molecule has 4 rings (SSSR count). The van der Waals surface area contributed by atoms with Crippen LogP contribution in [0.3, 0.4) is 0 Å². The number of carboxylic acid groups (broad SMARTS) is 1. The average Bonchev–Trinajstić information content (AvgIpc) is 3.25. The minimum Gasteiger partial charge on any atom is -0.481 e. The molecule has 1 spiro atoms. The molecular weight excluding hydrogens is 344 g/mol. The van der Waals surface area contributed by atoms with E-state index in [1.807, 2.05) is 16.9 Å². The summed E-state index contributed by atoms with van der Waals surface area (Å²) in [7, 11) is 0. The van der Waals surface area contributed by atoms with Gasteiger partial charge in [-0.1, -0.05) is 24.3 Å². The van der Waals surface area contributed by atoms with Crippen LogP contribution >= 0.6 is 0 Å². The fourth-order valence-corrected chi connectivity index (χ4v) is 4.37. The standard InChI is InChI=1S/C20H24N4O3/c25-18-12-17(19(26)27)20(22-18)5-9-23(10-6-20)13-15-3-1-4-16(11-15)14-24-8-2-7-21-24/h1-4,7-8,11,17H,5-6,9-10,12-14H2,(H,22,25)(H,26,27)/t17-/m1/s1. The number of hydrogen-bond acceptors (Lipinski definition) is 4. The van der Waals surface area contributed by atoms with Crippen molar-refractivity contribution in [3.05, 3.63) is 53.9 Å². The number of hydrogen-bond donors (Lipinski definition) is 2. The van der Waals surface area contributed by atoms with Crippen molar-refractivity contribution in [2.45, 2.75) is 37.9 Å². The van der Waals surface area contributed by atoms with E-state index in [0.717, 1.165) is 26.2 Å². The molecule has 0 radical (unpaired) electrons. The number of benzene rings is 1. The van der Waals surface area contributed by atoms with E-state index in [0.29, 0.717) is 12.8 Å².